The summed E-state index contributed by atoms with van der Waals surface area (Å²) in [6, 6.07) is 0. The average molecular weight is 100 g/mol. The van der Waals surface area contributed by atoms with Gasteiger partial charge >= 0.3 is 0 Å². The van der Waals surface area contributed by atoms with E-state index in [0.29, 0.717) is 0 Å². The number of hydrogen-bond donors (Lipinski definition) is 0. The summed E-state index contributed by atoms with van der Waals surface area (Å²) in [5, 5.41) is 0.245. The van der Waals surface area contributed by atoms with Crippen molar-refractivity contribution in [3.63, 3.8) is 0 Å². The van der Waals surface area contributed by atoms with E-state index in [9.17, 15) is 4.79 Å². The zero-order valence-corrected chi connectivity index (χ0v) is 5.31. The van der Waals surface area contributed by atoms with Gasteiger partial charge in [0.2, 0.25) is 0 Å². The quantitative estimate of drug-likeness (QED) is 0.350. The molecular weight excluding hydrogens is 92.1 g/mol. The molecule has 1 nitrogen and oxygen atoms in total. The molecule has 0 aliphatic rings. The van der Waals surface area contributed by atoms with Crippen LogP contribution < -0.4 is 0 Å². The lowest BCUT2D eigenvalue weighted by Gasteiger charge is -1.74. The van der Waals surface area contributed by atoms with E-state index in [-0.39, 0.29) is 5.41 Å². The summed E-state index contributed by atoms with van der Waals surface area (Å²) in [7, 11) is -0.419. The maximum Gasteiger partial charge on any atom is 0.125 e. The Morgan fingerprint density at radius 3 is 2.50 bits per heavy atom. The lowest BCUT2D eigenvalue weighted by molar-refractivity contribution is -0.108. The first-order valence-electron chi connectivity index (χ1n) is 1.96. The molecule has 0 rings (SSSR count). The van der Waals surface area contributed by atoms with E-state index in [2.05, 4.69) is 6.58 Å². The maximum atomic E-state index is 10.1. The Morgan fingerprint density at radius 1 is 2.00 bits per heavy atom. The Hall–Kier alpha value is -0.373. The first kappa shape index (κ1) is 5.63. The highest BCUT2D eigenvalue weighted by atomic mass is 28.2. The van der Waals surface area contributed by atoms with E-state index in [0.717, 1.165) is 0 Å². The molecule has 0 aliphatic carbocycles. The summed E-state index contributed by atoms with van der Waals surface area (Å²) < 4.78 is 0. The molecule has 0 fully saturated rings. The van der Waals surface area contributed by atoms with Gasteiger partial charge in [-0.25, -0.2) is 0 Å². The Labute approximate surface area is 39.9 Å². The predicted octanol–water partition coefficient (Wildman–Crippen LogP) is -0.0841. The molecular formula is C4H8OSi. The highest BCUT2D eigenvalue weighted by Crippen LogP contribution is 1.64. The second kappa shape index (κ2) is 2.84. The van der Waals surface area contributed by atoms with Crippen LogP contribution in [0.2, 0.25) is 6.55 Å². The summed E-state index contributed by atoms with van der Waals surface area (Å²) in [5.74, 6) is 0. The van der Waals surface area contributed by atoms with Gasteiger partial charge in [0, 0.05) is 0 Å². The van der Waals surface area contributed by atoms with Crippen molar-refractivity contribution < 1.29 is 4.79 Å². The van der Waals surface area contributed by atoms with E-state index >= 15 is 0 Å². The summed E-state index contributed by atoms with van der Waals surface area (Å²) in [6.07, 6.45) is 1.40. The molecule has 0 spiro atoms. The van der Waals surface area contributed by atoms with Crippen LogP contribution in [-0.4, -0.2) is 14.9 Å². The third-order valence-corrected chi connectivity index (χ3v) is 1.56. The monoisotopic (exact) mass is 100 g/mol. The number of carbonyl (C=O) groups is 1. The van der Waals surface area contributed by atoms with Crippen LogP contribution >= 0.6 is 0 Å². The van der Waals surface area contributed by atoms with Crippen LogP contribution in [0.4, 0.5) is 0 Å². The molecule has 0 bridgehead atoms. The van der Waals surface area contributed by atoms with Crippen LogP contribution in [0.25, 0.3) is 0 Å². The Bertz CT molecular complexity index is 67.9. The normalized spacial score (nSPS) is 9.50. The minimum atomic E-state index is -0.419. The first-order valence-corrected chi connectivity index (χ1v) is 4.08. The summed E-state index contributed by atoms with van der Waals surface area (Å²) in [4.78, 5) is 10.1. The molecule has 0 saturated heterocycles. The van der Waals surface area contributed by atoms with E-state index in [1.807, 2.05) is 6.55 Å². The highest BCUT2D eigenvalue weighted by molar-refractivity contribution is 6.75. The van der Waals surface area contributed by atoms with Gasteiger partial charge < -0.3 is 4.79 Å². The minimum absolute atomic E-state index is 0.245. The molecule has 0 aliphatic heterocycles. The van der Waals surface area contributed by atoms with Crippen molar-refractivity contribution in [3.05, 3.63) is 12.7 Å². The van der Waals surface area contributed by atoms with E-state index in [4.69, 9.17) is 0 Å². The molecule has 0 heterocycles. The minimum Gasteiger partial charge on any atom is -0.302 e. The van der Waals surface area contributed by atoms with Crippen molar-refractivity contribution in [2.24, 2.45) is 0 Å². The van der Waals surface area contributed by atoms with Crippen LogP contribution in [-0.2, 0) is 4.79 Å². The van der Waals surface area contributed by atoms with E-state index in [1.165, 1.54) is 6.08 Å². The lowest BCUT2D eigenvalue weighted by Crippen LogP contribution is -1.97. The predicted molar refractivity (Wildman–Crippen MR) is 29.6 cm³/mol. The molecule has 2 heteroatoms. The van der Waals surface area contributed by atoms with Crippen LogP contribution in [0.3, 0.4) is 0 Å². The number of rotatable bonds is 2. The number of allylic oxidation sites excluding steroid dienone is 1. The standard InChI is InChI=1S/C4H8OSi/c1-3-4(5)6-2/h3H,1,6H2,2H3. The van der Waals surface area contributed by atoms with Gasteiger partial charge in [-0.1, -0.05) is 13.1 Å². The molecule has 0 amide bonds. The molecule has 6 heavy (non-hydrogen) atoms. The summed E-state index contributed by atoms with van der Waals surface area (Å²) >= 11 is 0. The SMILES string of the molecule is C=CC(=O)[SiH2]C. The smallest absolute Gasteiger partial charge is 0.125 e. The zero-order valence-electron chi connectivity index (χ0n) is 3.90. The maximum absolute atomic E-state index is 10.1. The number of carbonyl (C=O) groups excluding carboxylic acids is 1. The molecule has 0 aromatic rings. The second-order valence-corrected chi connectivity index (χ2v) is 2.43. The molecule has 0 aromatic carbocycles. The van der Waals surface area contributed by atoms with Crippen molar-refractivity contribution in [2.45, 2.75) is 6.55 Å². The molecule has 34 valence electrons. The topological polar surface area (TPSA) is 17.1 Å². The molecule has 0 aromatic heterocycles. The van der Waals surface area contributed by atoms with Gasteiger partial charge in [-0.15, -0.1) is 0 Å². The van der Waals surface area contributed by atoms with Gasteiger partial charge in [0.05, 0.1) is 0 Å². The molecule has 0 radical (unpaired) electrons. The Balaban J connectivity index is 3.23. The third kappa shape index (κ3) is 1.90. The van der Waals surface area contributed by atoms with Gasteiger partial charge in [-0.05, 0) is 6.08 Å². The van der Waals surface area contributed by atoms with E-state index in [1.54, 1.807) is 0 Å². The van der Waals surface area contributed by atoms with Crippen LogP contribution in [0.15, 0.2) is 12.7 Å². The van der Waals surface area contributed by atoms with Crippen molar-refractivity contribution in [1.29, 1.82) is 0 Å². The van der Waals surface area contributed by atoms with Gasteiger partial charge in [-0.2, -0.15) is 0 Å². The van der Waals surface area contributed by atoms with Crippen LogP contribution in [0.5, 0.6) is 0 Å². The third-order valence-electron chi connectivity index (χ3n) is 0.576. The highest BCUT2D eigenvalue weighted by Gasteiger charge is 1.83. The first-order chi connectivity index (χ1) is 2.81. The fraction of sp³-hybridized carbons (Fsp3) is 0.250. The fourth-order valence-corrected chi connectivity index (χ4v) is 0.433. The van der Waals surface area contributed by atoms with Crippen molar-refractivity contribution in [2.75, 3.05) is 0 Å². The van der Waals surface area contributed by atoms with Crippen molar-refractivity contribution in [1.82, 2.24) is 0 Å². The lowest BCUT2D eigenvalue weighted by atomic mass is 10.7. The van der Waals surface area contributed by atoms with Gasteiger partial charge in [-0.3, -0.25) is 0 Å². The second-order valence-electron chi connectivity index (χ2n) is 1.02. The Morgan fingerprint density at radius 2 is 2.50 bits per heavy atom. The van der Waals surface area contributed by atoms with Crippen molar-refractivity contribution in [3.8, 4) is 0 Å². The van der Waals surface area contributed by atoms with Gasteiger partial charge in [0.15, 0.2) is 0 Å². The summed E-state index contributed by atoms with van der Waals surface area (Å²) in [5.41, 5.74) is 0. The molecule has 0 atom stereocenters. The largest absolute Gasteiger partial charge is 0.302 e. The average Bonchev–Trinajstić information content (AvgIpc) is 1.65. The Kier molecular flexibility index (Phi) is 2.67. The van der Waals surface area contributed by atoms with Crippen LogP contribution in [0, 0.1) is 0 Å². The van der Waals surface area contributed by atoms with Crippen molar-refractivity contribution >= 4 is 14.9 Å². The zero-order chi connectivity index (χ0) is 4.99. The molecule has 0 unspecified atom stereocenters. The molecule has 0 N–H and O–H groups in total. The number of hydrogen-bond acceptors (Lipinski definition) is 1. The molecule has 0 saturated carbocycles. The van der Waals surface area contributed by atoms with E-state index < -0.39 is 9.52 Å². The fourth-order valence-electron chi connectivity index (χ4n) is 0.144. The van der Waals surface area contributed by atoms with Crippen LogP contribution in [0.1, 0.15) is 0 Å². The summed E-state index contributed by atoms with van der Waals surface area (Å²) in [6.45, 7) is 5.27. The van der Waals surface area contributed by atoms with Gasteiger partial charge in [0.25, 0.3) is 0 Å². The van der Waals surface area contributed by atoms with Gasteiger partial charge in [0.1, 0.15) is 14.9 Å².